The molecule has 0 saturated heterocycles. The van der Waals surface area contributed by atoms with Crippen LogP contribution in [0.1, 0.15) is 19.8 Å². The highest BCUT2D eigenvalue weighted by atomic mass is 15.1. The summed E-state index contributed by atoms with van der Waals surface area (Å²) in [6.45, 7) is 7.25. The van der Waals surface area contributed by atoms with Gasteiger partial charge in [-0.25, -0.2) is 0 Å². The lowest BCUT2D eigenvalue weighted by atomic mass is 9.94. The van der Waals surface area contributed by atoms with Gasteiger partial charge < -0.3 is 4.90 Å². The molecule has 0 aromatic carbocycles. The maximum atomic E-state index is 4.04. The van der Waals surface area contributed by atoms with Crippen molar-refractivity contribution in [2.45, 2.75) is 19.8 Å². The van der Waals surface area contributed by atoms with Crippen LogP contribution < -0.4 is 0 Å². The van der Waals surface area contributed by atoms with Crippen molar-refractivity contribution in [2.75, 3.05) is 6.54 Å². The third-order valence-corrected chi connectivity index (χ3v) is 2.58. The van der Waals surface area contributed by atoms with E-state index in [1.165, 1.54) is 11.3 Å². The molecule has 2 rings (SSSR count). The first-order valence-electron chi connectivity index (χ1n) is 4.87. The molecule has 0 atom stereocenters. The van der Waals surface area contributed by atoms with Crippen molar-refractivity contribution in [2.24, 2.45) is 0 Å². The predicted octanol–water partition coefficient (Wildman–Crippen LogP) is 3.00. The third kappa shape index (κ3) is 1.35. The van der Waals surface area contributed by atoms with Crippen molar-refractivity contribution in [1.82, 2.24) is 4.90 Å². The van der Waals surface area contributed by atoms with Crippen molar-refractivity contribution >= 4 is 0 Å². The topological polar surface area (TPSA) is 3.24 Å². The Morgan fingerprint density at radius 3 is 2.92 bits per heavy atom. The van der Waals surface area contributed by atoms with E-state index >= 15 is 0 Å². The summed E-state index contributed by atoms with van der Waals surface area (Å²) in [7, 11) is 0. The van der Waals surface area contributed by atoms with Crippen LogP contribution in [-0.4, -0.2) is 11.4 Å². The predicted molar refractivity (Wildman–Crippen MR) is 56.1 cm³/mol. The lowest BCUT2D eigenvalue weighted by molar-refractivity contribution is 0.488. The summed E-state index contributed by atoms with van der Waals surface area (Å²) in [5, 5.41) is 0. The second-order valence-electron chi connectivity index (χ2n) is 3.41. The van der Waals surface area contributed by atoms with E-state index in [-0.39, 0.29) is 0 Å². The summed E-state index contributed by atoms with van der Waals surface area (Å²) in [6.07, 6.45) is 11.1. The molecule has 0 bridgehead atoms. The van der Waals surface area contributed by atoms with Gasteiger partial charge in [-0.1, -0.05) is 18.7 Å². The zero-order chi connectivity index (χ0) is 9.26. The minimum absolute atomic E-state index is 1.03. The Morgan fingerprint density at radius 2 is 2.15 bits per heavy atom. The Bertz CT molecular complexity index is 318. The molecule has 1 aliphatic carbocycles. The molecule has 0 amide bonds. The molecular weight excluding hydrogens is 158 g/mol. The van der Waals surface area contributed by atoms with E-state index in [2.05, 4.69) is 42.8 Å². The average Bonchev–Trinajstić information content (AvgIpc) is 2.19. The van der Waals surface area contributed by atoms with Gasteiger partial charge in [0.15, 0.2) is 0 Å². The third-order valence-electron chi connectivity index (χ3n) is 2.58. The highest BCUT2D eigenvalue weighted by molar-refractivity contribution is 5.54. The fraction of sp³-hybridized carbons (Fsp3) is 0.333. The molecule has 0 unspecified atom stereocenters. The highest BCUT2D eigenvalue weighted by Crippen LogP contribution is 2.31. The van der Waals surface area contributed by atoms with Crippen LogP contribution in [0.5, 0.6) is 0 Å². The number of fused-ring (bicyclic) bond motifs is 1. The molecule has 0 saturated carbocycles. The quantitative estimate of drug-likeness (QED) is 0.589. The first kappa shape index (κ1) is 8.36. The van der Waals surface area contributed by atoms with E-state index in [9.17, 15) is 0 Å². The number of likely N-dealkylation sites (N-methyl/N-ethyl adjacent to an activating group) is 1. The van der Waals surface area contributed by atoms with Crippen molar-refractivity contribution < 1.29 is 0 Å². The molecule has 0 fully saturated rings. The molecule has 1 aliphatic heterocycles. The molecule has 68 valence electrons. The molecule has 0 radical (unpaired) electrons. The van der Waals surface area contributed by atoms with Gasteiger partial charge in [0.05, 0.1) is 0 Å². The van der Waals surface area contributed by atoms with Crippen LogP contribution in [-0.2, 0) is 0 Å². The molecule has 0 aromatic heterocycles. The Hall–Kier alpha value is -1.24. The standard InChI is InChI=1S/C12H15N/c1-3-13-9-8-10(2)11-6-4-5-7-12(11)13/h6-9H,2-5H2,1H3. The summed E-state index contributed by atoms with van der Waals surface area (Å²) in [6, 6.07) is 0. The summed E-state index contributed by atoms with van der Waals surface area (Å²) >= 11 is 0. The van der Waals surface area contributed by atoms with Gasteiger partial charge in [0, 0.05) is 24.0 Å². The maximum absolute atomic E-state index is 4.04. The van der Waals surface area contributed by atoms with Gasteiger partial charge in [-0.3, -0.25) is 0 Å². The lowest BCUT2D eigenvalue weighted by Gasteiger charge is -2.30. The van der Waals surface area contributed by atoms with E-state index < -0.39 is 0 Å². The highest BCUT2D eigenvalue weighted by Gasteiger charge is 2.18. The average molecular weight is 173 g/mol. The van der Waals surface area contributed by atoms with Crippen LogP contribution in [0.3, 0.4) is 0 Å². The monoisotopic (exact) mass is 173 g/mol. The molecule has 0 spiro atoms. The van der Waals surface area contributed by atoms with Crippen LogP contribution in [0.4, 0.5) is 0 Å². The number of allylic oxidation sites excluding steroid dienone is 4. The molecular formula is C12H15N. The minimum Gasteiger partial charge on any atom is -0.348 e. The van der Waals surface area contributed by atoms with Gasteiger partial charge in [0.1, 0.15) is 0 Å². The molecule has 1 heterocycles. The summed E-state index contributed by atoms with van der Waals surface area (Å²) in [5.41, 5.74) is 3.83. The van der Waals surface area contributed by atoms with E-state index in [1.54, 1.807) is 0 Å². The normalized spacial score (nSPS) is 21.0. The first-order valence-corrected chi connectivity index (χ1v) is 4.87. The first-order chi connectivity index (χ1) is 6.33. The van der Waals surface area contributed by atoms with Gasteiger partial charge in [-0.05, 0) is 31.4 Å². The van der Waals surface area contributed by atoms with Gasteiger partial charge >= 0.3 is 0 Å². The lowest BCUT2D eigenvalue weighted by Crippen LogP contribution is -2.22. The maximum Gasteiger partial charge on any atom is 0.0441 e. The van der Waals surface area contributed by atoms with Gasteiger partial charge in [-0.2, -0.15) is 0 Å². The summed E-state index contributed by atoms with van der Waals surface area (Å²) in [5.74, 6) is 0. The molecule has 1 nitrogen and oxygen atoms in total. The molecule has 0 N–H and O–H groups in total. The van der Waals surface area contributed by atoms with Gasteiger partial charge in [0.2, 0.25) is 0 Å². The van der Waals surface area contributed by atoms with Crippen molar-refractivity contribution in [1.29, 1.82) is 0 Å². The van der Waals surface area contributed by atoms with Gasteiger partial charge in [-0.15, -0.1) is 0 Å². The zero-order valence-electron chi connectivity index (χ0n) is 8.09. The van der Waals surface area contributed by atoms with E-state index in [4.69, 9.17) is 0 Å². The number of rotatable bonds is 1. The fourth-order valence-corrected chi connectivity index (χ4v) is 1.86. The minimum atomic E-state index is 1.03. The van der Waals surface area contributed by atoms with E-state index in [0.717, 1.165) is 25.0 Å². The second-order valence-corrected chi connectivity index (χ2v) is 3.41. The molecule has 1 heteroatoms. The Morgan fingerprint density at radius 1 is 1.38 bits per heavy atom. The van der Waals surface area contributed by atoms with Crippen LogP contribution in [0, 0.1) is 0 Å². The number of hydrogen-bond acceptors (Lipinski definition) is 1. The second kappa shape index (κ2) is 3.25. The van der Waals surface area contributed by atoms with E-state index in [0.29, 0.717) is 0 Å². The van der Waals surface area contributed by atoms with E-state index in [1.807, 2.05) is 0 Å². The van der Waals surface area contributed by atoms with Crippen molar-refractivity contribution in [3.63, 3.8) is 0 Å². The van der Waals surface area contributed by atoms with Gasteiger partial charge in [0.25, 0.3) is 0 Å². The Labute approximate surface area is 79.7 Å². The smallest absolute Gasteiger partial charge is 0.0441 e. The van der Waals surface area contributed by atoms with Crippen LogP contribution in [0.2, 0.25) is 0 Å². The van der Waals surface area contributed by atoms with Crippen molar-refractivity contribution in [3.05, 3.63) is 47.9 Å². The Kier molecular flexibility index (Phi) is 2.09. The van der Waals surface area contributed by atoms with Crippen LogP contribution in [0.25, 0.3) is 0 Å². The molecule has 0 aromatic rings. The fourth-order valence-electron chi connectivity index (χ4n) is 1.86. The van der Waals surface area contributed by atoms with Crippen LogP contribution in [0.15, 0.2) is 47.9 Å². The molecule has 2 aliphatic rings. The number of nitrogens with zero attached hydrogens (tertiary/aromatic N) is 1. The number of hydrogen-bond donors (Lipinski definition) is 0. The molecule has 13 heavy (non-hydrogen) atoms. The zero-order valence-corrected chi connectivity index (χ0v) is 8.09. The summed E-state index contributed by atoms with van der Waals surface area (Å²) < 4.78 is 0. The van der Waals surface area contributed by atoms with Crippen LogP contribution >= 0.6 is 0 Å². The Balaban J connectivity index is 2.41. The SMILES string of the molecule is C=C1C=CN(CC)C2=CCCC=C12. The largest absolute Gasteiger partial charge is 0.348 e. The van der Waals surface area contributed by atoms with Crippen molar-refractivity contribution in [3.8, 4) is 0 Å². The summed E-state index contributed by atoms with van der Waals surface area (Å²) in [4.78, 5) is 2.28.